The highest BCUT2D eigenvalue weighted by atomic mass is 16.5. The number of aromatic amines is 1. The lowest BCUT2D eigenvalue weighted by Gasteiger charge is -2.01. The average molecular weight is 263 g/mol. The number of H-pyrrole nitrogens is 1. The molecule has 0 saturated heterocycles. The summed E-state index contributed by atoms with van der Waals surface area (Å²) >= 11 is 0. The molecule has 0 aliphatic carbocycles. The molecule has 20 heavy (non-hydrogen) atoms. The van der Waals surface area contributed by atoms with Gasteiger partial charge in [0, 0.05) is 11.9 Å². The summed E-state index contributed by atoms with van der Waals surface area (Å²) in [7, 11) is 0. The molecule has 0 aliphatic heterocycles. The van der Waals surface area contributed by atoms with Crippen molar-refractivity contribution < 1.29 is 9.53 Å². The van der Waals surface area contributed by atoms with Gasteiger partial charge in [0.25, 0.3) is 0 Å². The van der Waals surface area contributed by atoms with Gasteiger partial charge in [-0.2, -0.15) is 0 Å². The second-order valence-electron chi connectivity index (χ2n) is 4.37. The van der Waals surface area contributed by atoms with Crippen LogP contribution in [0.15, 0.2) is 72.9 Å². The summed E-state index contributed by atoms with van der Waals surface area (Å²) in [6.07, 6.45) is 1.66. The molecular weight excluding hydrogens is 250 g/mol. The first-order valence-electron chi connectivity index (χ1n) is 6.34. The van der Waals surface area contributed by atoms with Crippen LogP contribution in [0.5, 0.6) is 5.75 Å². The van der Waals surface area contributed by atoms with Gasteiger partial charge in [0.2, 0.25) is 0 Å². The van der Waals surface area contributed by atoms with E-state index in [9.17, 15) is 4.79 Å². The second kappa shape index (κ2) is 5.45. The molecule has 98 valence electrons. The number of hydrogen-bond donors (Lipinski definition) is 1. The van der Waals surface area contributed by atoms with Crippen molar-refractivity contribution in [3.63, 3.8) is 0 Å². The summed E-state index contributed by atoms with van der Waals surface area (Å²) in [6.45, 7) is 0. The van der Waals surface area contributed by atoms with Gasteiger partial charge in [-0.1, -0.05) is 48.5 Å². The molecule has 0 radical (unpaired) electrons. The van der Waals surface area contributed by atoms with Gasteiger partial charge in [-0.3, -0.25) is 0 Å². The summed E-state index contributed by atoms with van der Waals surface area (Å²) < 4.78 is 5.29. The third-order valence-electron chi connectivity index (χ3n) is 2.96. The van der Waals surface area contributed by atoms with E-state index in [1.165, 1.54) is 0 Å². The highest BCUT2D eigenvalue weighted by molar-refractivity contribution is 5.92. The molecule has 0 bridgehead atoms. The monoisotopic (exact) mass is 263 g/mol. The molecule has 0 atom stereocenters. The molecule has 0 fully saturated rings. The number of para-hydroxylation sites is 1. The Hall–Kier alpha value is -2.81. The van der Waals surface area contributed by atoms with E-state index in [0.29, 0.717) is 11.3 Å². The fourth-order valence-corrected chi connectivity index (χ4v) is 1.95. The molecule has 0 saturated carbocycles. The van der Waals surface area contributed by atoms with E-state index in [4.69, 9.17) is 4.74 Å². The second-order valence-corrected chi connectivity index (χ2v) is 4.37. The number of esters is 1. The topological polar surface area (TPSA) is 42.1 Å². The standard InChI is InChI=1S/C17H13NO2/c19-17(20-15-9-5-2-6-10-15)14-11-16(18-12-14)13-7-3-1-4-8-13/h1-12,18H. The molecule has 3 aromatic rings. The van der Waals surface area contributed by atoms with E-state index in [2.05, 4.69) is 4.98 Å². The number of rotatable bonds is 3. The molecule has 1 N–H and O–H groups in total. The molecule has 1 heterocycles. The predicted molar refractivity (Wildman–Crippen MR) is 77.6 cm³/mol. The van der Waals surface area contributed by atoms with Gasteiger partial charge in [0.05, 0.1) is 5.56 Å². The van der Waals surface area contributed by atoms with Gasteiger partial charge in [0.1, 0.15) is 5.75 Å². The fraction of sp³-hybridized carbons (Fsp3) is 0. The lowest BCUT2D eigenvalue weighted by atomic mass is 10.1. The van der Waals surface area contributed by atoms with Crippen LogP contribution < -0.4 is 4.74 Å². The van der Waals surface area contributed by atoms with Gasteiger partial charge in [-0.05, 0) is 23.8 Å². The zero-order valence-electron chi connectivity index (χ0n) is 10.7. The number of ether oxygens (including phenoxy) is 1. The number of carbonyl (C=O) groups excluding carboxylic acids is 1. The summed E-state index contributed by atoms with van der Waals surface area (Å²) in [5.74, 6) is 0.176. The third kappa shape index (κ3) is 2.62. The molecule has 0 unspecified atom stereocenters. The molecule has 0 spiro atoms. The number of carbonyl (C=O) groups is 1. The van der Waals surface area contributed by atoms with Crippen molar-refractivity contribution in [2.24, 2.45) is 0 Å². The number of hydrogen-bond acceptors (Lipinski definition) is 2. The van der Waals surface area contributed by atoms with E-state index in [1.54, 1.807) is 24.4 Å². The van der Waals surface area contributed by atoms with Crippen LogP contribution >= 0.6 is 0 Å². The van der Waals surface area contributed by atoms with E-state index in [-0.39, 0.29) is 5.97 Å². The van der Waals surface area contributed by atoms with Gasteiger partial charge < -0.3 is 9.72 Å². The number of benzene rings is 2. The van der Waals surface area contributed by atoms with Crippen molar-refractivity contribution in [2.75, 3.05) is 0 Å². The van der Waals surface area contributed by atoms with Crippen molar-refractivity contribution in [1.82, 2.24) is 4.98 Å². The molecular formula is C17H13NO2. The first-order chi connectivity index (χ1) is 9.83. The normalized spacial score (nSPS) is 10.2. The predicted octanol–water partition coefficient (Wildman–Crippen LogP) is 3.90. The molecule has 0 aliphatic rings. The Kier molecular flexibility index (Phi) is 3.33. The van der Waals surface area contributed by atoms with Crippen LogP contribution in [0, 0.1) is 0 Å². The zero-order chi connectivity index (χ0) is 13.8. The summed E-state index contributed by atoms with van der Waals surface area (Å²) in [6, 6.07) is 20.7. The maximum absolute atomic E-state index is 12.0. The Morgan fingerprint density at radius 2 is 1.55 bits per heavy atom. The molecule has 3 heteroatoms. The van der Waals surface area contributed by atoms with Crippen molar-refractivity contribution in [3.8, 4) is 17.0 Å². The third-order valence-corrected chi connectivity index (χ3v) is 2.96. The highest BCUT2D eigenvalue weighted by Gasteiger charge is 2.11. The van der Waals surface area contributed by atoms with E-state index < -0.39 is 0 Å². The lowest BCUT2D eigenvalue weighted by Crippen LogP contribution is -2.06. The fourth-order valence-electron chi connectivity index (χ4n) is 1.95. The van der Waals surface area contributed by atoms with Crippen molar-refractivity contribution in [2.45, 2.75) is 0 Å². The Balaban J connectivity index is 1.79. The van der Waals surface area contributed by atoms with Crippen LogP contribution in [0.3, 0.4) is 0 Å². The van der Waals surface area contributed by atoms with Crippen LogP contribution in [0.25, 0.3) is 11.3 Å². The lowest BCUT2D eigenvalue weighted by molar-refractivity contribution is 0.0735. The number of aromatic nitrogens is 1. The van der Waals surface area contributed by atoms with Crippen LogP contribution in [0.4, 0.5) is 0 Å². The molecule has 3 nitrogen and oxygen atoms in total. The van der Waals surface area contributed by atoms with Gasteiger partial charge in [-0.15, -0.1) is 0 Å². The molecule has 0 amide bonds. The quantitative estimate of drug-likeness (QED) is 0.575. The smallest absolute Gasteiger partial charge is 0.345 e. The Morgan fingerprint density at radius 3 is 2.25 bits per heavy atom. The molecule has 3 rings (SSSR count). The maximum Gasteiger partial charge on any atom is 0.345 e. The minimum atomic E-state index is -0.366. The highest BCUT2D eigenvalue weighted by Crippen LogP contribution is 2.19. The first kappa shape index (κ1) is 12.2. The van der Waals surface area contributed by atoms with Crippen LogP contribution in [0.1, 0.15) is 10.4 Å². The van der Waals surface area contributed by atoms with E-state index >= 15 is 0 Å². The van der Waals surface area contributed by atoms with E-state index in [0.717, 1.165) is 11.3 Å². The Bertz CT molecular complexity index is 702. The van der Waals surface area contributed by atoms with Crippen molar-refractivity contribution in [3.05, 3.63) is 78.5 Å². The van der Waals surface area contributed by atoms with Crippen LogP contribution in [-0.4, -0.2) is 11.0 Å². The SMILES string of the molecule is O=C(Oc1ccccc1)c1c[nH]c(-c2ccccc2)c1. The Morgan fingerprint density at radius 1 is 0.900 bits per heavy atom. The molecule has 2 aromatic carbocycles. The van der Waals surface area contributed by atoms with Gasteiger partial charge >= 0.3 is 5.97 Å². The van der Waals surface area contributed by atoms with Crippen LogP contribution in [0.2, 0.25) is 0 Å². The van der Waals surface area contributed by atoms with Crippen molar-refractivity contribution in [1.29, 1.82) is 0 Å². The summed E-state index contributed by atoms with van der Waals surface area (Å²) in [5, 5.41) is 0. The van der Waals surface area contributed by atoms with E-state index in [1.807, 2.05) is 48.5 Å². The van der Waals surface area contributed by atoms with Crippen molar-refractivity contribution >= 4 is 5.97 Å². The zero-order valence-corrected chi connectivity index (χ0v) is 10.7. The Labute approximate surface area is 116 Å². The minimum Gasteiger partial charge on any atom is -0.423 e. The maximum atomic E-state index is 12.0. The largest absolute Gasteiger partial charge is 0.423 e. The van der Waals surface area contributed by atoms with Gasteiger partial charge in [0.15, 0.2) is 0 Å². The minimum absolute atomic E-state index is 0.366. The number of nitrogens with one attached hydrogen (secondary N) is 1. The van der Waals surface area contributed by atoms with Gasteiger partial charge in [-0.25, -0.2) is 4.79 Å². The summed E-state index contributed by atoms with van der Waals surface area (Å²) in [4.78, 5) is 15.1. The summed E-state index contributed by atoms with van der Waals surface area (Å²) in [5.41, 5.74) is 2.43. The van der Waals surface area contributed by atoms with Crippen LogP contribution in [-0.2, 0) is 0 Å². The average Bonchev–Trinajstić information content (AvgIpc) is 2.99. The molecule has 1 aromatic heterocycles. The first-order valence-corrected chi connectivity index (χ1v) is 6.34.